The van der Waals surface area contributed by atoms with Gasteiger partial charge < -0.3 is 20.2 Å². The van der Waals surface area contributed by atoms with Gasteiger partial charge in [-0.3, -0.25) is 4.68 Å². The summed E-state index contributed by atoms with van der Waals surface area (Å²) in [5.74, 6) is 1.54. The Kier molecular flexibility index (Phi) is 4.68. The van der Waals surface area contributed by atoms with Gasteiger partial charge in [-0.05, 0) is 27.1 Å². The Labute approximate surface area is 142 Å². The number of anilines is 2. The molecule has 1 unspecified atom stereocenters. The van der Waals surface area contributed by atoms with Crippen molar-refractivity contribution >= 4 is 11.8 Å². The molecule has 8 nitrogen and oxygen atoms in total. The smallest absolute Gasteiger partial charge is 0.224 e. The average Bonchev–Trinajstić information content (AvgIpc) is 2.96. The van der Waals surface area contributed by atoms with Crippen LogP contribution in [0.3, 0.4) is 0 Å². The Morgan fingerprint density at radius 1 is 1.29 bits per heavy atom. The maximum atomic E-state index is 10.3. The Morgan fingerprint density at radius 3 is 2.79 bits per heavy atom. The van der Waals surface area contributed by atoms with E-state index in [-0.39, 0.29) is 0 Å². The standard InChI is InChI=1S/C16H25N7O/c1-11-7-15(19-16(17-2)18-11)22-5-6-23-12(9-22)8-13(20-23)14(24)10-21(3)4/h7-8,14,24H,5-6,9-10H2,1-4H3,(H,17,18,19). The average molecular weight is 331 g/mol. The third kappa shape index (κ3) is 3.49. The Morgan fingerprint density at radius 2 is 2.08 bits per heavy atom. The molecule has 8 heteroatoms. The molecule has 0 saturated carbocycles. The fourth-order valence-electron chi connectivity index (χ4n) is 2.91. The fraction of sp³-hybridized carbons (Fsp3) is 0.562. The number of aliphatic hydroxyl groups excluding tert-OH is 1. The zero-order valence-electron chi connectivity index (χ0n) is 14.7. The van der Waals surface area contributed by atoms with Gasteiger partial charge in [0.05, 0.1) is 24.5 Å². The highest BCUT2D eigenvalue weighted by Gasteiger charge is 2.22. The van der Waals surface area contributed by atoms with Crippen LogP contribution in [0.15, 0.2) is 12.1 Å². The van der Waals surface area contributed by atoms with Crippen LogP contribution in [0.4, 0.5) is 11.8 Å². The molecule has 0 spiro atoms. The quantitative estimate of drug-likeness (QED) is 0.832. The van der Waals surface area contributed by atoms with E-state index in [0.29, 0.717) is 12.5 Å². The van der Waals surface area contributed by atoms with Crippen LogP contribution < -0.4 is 10.2 Å². The minimum absolute atomic E-state index is 0.566. The molecule has 1 aliphatic heterocycles. The molecule has 2 N–H and O–H groups in total. The second-order valence-electron chi connectivity index (χ2n) is 6.42. The summed E-state index contributed by atoms with van der Waals surface area (Å²) in [6.45, 7) is 4.87. The lowest BCUT2D eigenvalue weighted by Crippen LogP contribution is -2.34. The first kappa shape index (κ1) is 16.7. The fourth-order valence-corrected chi connectivity index (χ4v) is 2.91. The van der Waals surface area contributed by atoms with E-state index in [0.717, 1.165) is 42.5 Å². The van der Waals surface area contributed by atoms with Crippen LogP contribution in [0.1, 0.15) is 23.2 Å². The molecular weight excluding hydrogens is 306 g/mol. The number of hydrogen-bond acceptors (Lipinski definition) is 7. The van der Waals surface area contributed by atoms with Crippen LogP contribution in [0, 0.1) is 6.92 Å². The van der Waals surface area contributed by atoms with Crippen molar-refractivity contribution in [3.8, 4) is 0 Å². The number of aliphatic hydroxyl groups is 1. The molecule has 3 rings (SSSR count). The Hall–Kier alpha value is -2.19. The largest absolute Gasteiger partial charge is 0.385 e. The first-order valence-corrected chi connectivity index (χ1v) is 8.14. The van der Waals surface area contributed by atoms with Crippen molar-refractivity contribution in [3.63, 3.8) is 0 Å². The van der Waals surface area contributed by atoms with Gasteiger partial charge in [-0.1, -0.05) is 0 Å². The summed E-state index contributed by atoms with van der Waals surface area (Å²) in [5, 5.41) is 17.8. The highest BCUT2D eigenvalue weighted by atomic mass is 16.3. The van der Waals surface area contributed by atoms with Crippen molar-refractivity contribution in [1.82, 2.24) is 24.6 Å². The van der Waals surface area contributed by atoms with E-state index in [9.17, 15) is 5.11 Å². The van der Waals surface area contributed by atoms with Crippen LogP contribution >= 0.6 is 0 Å². The van der Waals surface area contributed by atoms with Gasteiger partial charge in [0.15, 0.2) is 0 Å². The maximum absolute atomic E-state index is 10.3. The summed E-state index contributed by atoms with van der Waals surface area (Å²) in [6, 6.07) is 3.99. The number of aromatic nitrogens is 4. The molecule has 1 aliphatic rings. The molecule has 3 heterocycles. The number of nitrogens with one attached hydrogen (secondary N) is 1. The van der Waals surface area contributed by atoms with Gasteiger partial charge in [-0.25, -0.2) is 4.98 Å². The van der Waals surface area contributed by atoms with Crippen molar-refractivity contribution in [2.75, 3.05) is 44.4 Å². The van der Waals surface area contributed by atoms with Crippen LogP contribution in [0.2, 0.25) is 0 Å². The van der Waals surface area contributed by atoms with Crippen LogP contribution in [-0.2, 0) is 13.1 Å². The zero-order valence-corrected chi connectivity index (χ0v) is 14.7. The molecule has 2 aromatic rings. The molecule has 130 valence electrons. The molecule has 2 aromatic heterocycles. The van der Waals surface area contributed by atoms with Crippen molar-refractivity contribution in [1.29, 1.82) is 0 Å². The lowest BCUT2D eigenvalue weighted by molar-refractivity contribution is 0.133. The number of fused-ring (bicyclic) bond motifs is 1. The second kappa shape index (κ2) is 6.74. The van der Waals surface area contributed by atoms with Gasteiger partial charge in [0.2, 0.25) is 5.95 Å². The number of hydrogen-bond donors (Lipinski definition) is 2. The van der Waals surface area contributed by atoms with Crippen LogP contribution in [0.25, 0.3) is 0 Å². The number of nitrogens with zero attached hydrogens (tertiary/aromatic N) is 6. The predicted molar refractivity (Wildman–Crippen MR) is 93.1 cm³/mol. The first-order chi connectivity index (χ1) is 11.5. The molecule has 24 heavy (non-hydrogen) atoms. The highest BCUT2D eigenvalue weighted by Crippen LogP contribution is 2.23. The summed E-state index contributed by atoms with van der Waals surface area (Å²) < 4.78 is 1.98. The monoisotopic (exact) mass is 331 g/mol. The number of likely N-dealkylation sites (N-methyl/N-ethyl adjacent to an activating group) is 1. The van der Waals surface area contributed by atoms with Crippen LogP contribution in [-0.4, -0.2) is 64.0 Å². The normalized spacial score (nSPS) is 15.5. The number of aryl methyl sites for hydroxylation is 1. The second-order valence-corrected chi connectivity index (χ2v) is 6.42. The minimum atomic E-state index is -0.566. The first-order valence-electron chi connectivity index (χ1n) is 8.14. The van der Waals surface area contributed by atoms with Crippen molar-refractivity contribution in [3.05, 3.63) is 29.2 Å². The van der Waals surface area contributed by atoms with E-state index in [1.165, 1.54) is 0 Å². The van der Waals surface area contributed by atoms with Gasteiger partial charge in [0.1, 0.15) is 11.9 Å². The SMILES string of the molecule is CNc1nc(C)cc(N2CCn3nc(C(O)CN(C)C)cc3C2)n1. The van der Waals surface area contributed by atoms with Gasteiger partial charge >= 0.3 is 0 Å². The predicted octanol–water partition coefficient (Wildman–Crippen LogP) is 0.638. The van der Waals surface area contributed by atoms with E-state index < -0.39 is 6.10 Å². The molecule has 0 fully saturated rings. The van der Waals surface area contributed by atoms with Crippen molar-refractivity contribution in [2.45, 2.75) is 26.1 Å². The van der Waals surface area contributed by atoms with Crippen molar-refractivity contribution in [2.24, 2.45) is 0 Å². The van der Waals surface area contributed by atoms with E-state index in [1.54, 1.807) is 0 Å². The maximum Gasteiger partial charge on any atom is 0.224 e. The summed E-state index contributed by atoms with van der Waals surface area (Å²) in [6.07, 6.45) is -0.566. The van der Waals surface area contributed by atoms with E-state index in [4.69, 9.17) is 0 Å². The Balaban J connectivity index is 1.79. The molecule has 0 radical (unpaired) electrons. The zero-order chi connectivity index (χ0) is 17.3. The Bertz CT molecular complexity index is 712. The van der Waals surface area contributed by atoms with E-state index in [1.807, 2.05) is 49.8 Å². The molecule has 0 bridgehead atoms. The molecule has 0 aliphatic carbocycles. The van der Waals surface area contributed by atoms with E-state index >= 15 is 0 Å². The third-order valence-corrected chi connectivity index (χ3v) is 4.08. The number of rotatable bonds is 5. The van der Waals surface area contributed by atoms with Gasteiger partial charge in [-0.15, -0.1) is 0 Å². The molecule has 0 amide bonds. The summed E-state index contributed by atoms with van der Waals surface area (Å²) in [4.78, 5) is 13.1. The summed E-state index contributed by atoms with van der Waals surface area (Å²) in [7, 11) is 5.71. The molecule has 0 saturated heterocycles. The van der Waals surface area contributed by atoms with Crippen molar-refractivity contribution < 1.29 is 5.11 Å². The minimum Gasteiger partial charge on any atom is -0.385 e. The van der Waals surface area contributed by atoms with E-state index in [2.05, 4.69) is 25.3 Å². The lowest BCUT2D eigenvalue weighted by atomic mass is 10.2. The lowest BCUT2D eigenvalue weighted by Gasteiger charge is -2.28. The third-order valence-electron chi connectivity index (χ3n) is 4.08. The molecule has 0 aromatic carbocycles. The summed E-state index contributed by atoms with van der Waals surface area (Å²) in [5.41, 5.74) is 2.76. The van der Waals surface area contributed by atoms with Gasteiger partial charge in [-0.2, -0.15) is 10.1 Å². The summed E-state index contributed by atoms with van der Waals surface area (Å²) >= 11 is 0. The molecule has 1 atom stereocenters. The van der Waals surface area contributed by atoms with Crippen LogP contribution in [0.5, 0.6) is 0 Å². The molecular formula is C16H25N7O. The van der Waals surface area contributed by atoms with Gasteiger partial charge in [0, 0.05) is 31.9 Å². The topological polar surface area (TPSA) is 82.3 Å². The highest BCUT2D eigenvalue weighted by molar-refractivity contribution is 5.45. The van der Waals surface area contributed by atoms with Gasteiger partial charge in [0.25, 0.3) is 0 Å².